The zero-order valence-electron chi connectivity index (χ0n) is 29.9. The molecule has 3 aromatic rings. The van der Waals surface area contributed by atoms with Crippen LogP contribution < -0.4 is 14.2 Å². The molecule has 278 valence electrons. The SMILES string of the molecule is COc1ccc2c(OC3CC4C(=O)N(C)CCCC/C=C\C5CC5(C(=O)NS(=O)(=O)C5CC5)CC(=O)[C@@H]4C3)cc(-c3nc(C(C)C)cs3)nc2c1F. The van der Waals surface area contributed by atoms with E-state index >= 15 is 4.39 Å². The number of sulfonamides is 1. The van der Waals surface area contributed by atoms with Gasteiger partial charge in [0.2, 0.25) is 21.8 Å². The van der Waals surface area contributed by atoms with Gasteiger partial charge in [-0.25, -0.2) is 22.8 Å². The van der Waals surface area contributed by atoms with E-state index in [9.17, 15) is 22.8 Å². The van der Waals surface area contributed by atoms with E-state index in [1.165, 1.54) is 24.5 Å². The van der Waals surface area contributed by atoms with E-state index < -0.39 is 50.4 Å². The van der Waals surface area contributed by atoms with Gasteiger partial charge < -0.3 is 14.4 Å². The zero-order chi connectivity index (χ0) is 36.9. The number of rotatable bonds is 8. The summed E-state index contributed by atoms with van der Waals surface area (Å²) in [4.78, 5) is 53.0. The van der Waals surface area contributed by atoms with Crippen molar-refractivity contribution in [2.45, 2.75) is 88.9 Å². The number of benzene rings is 1. The highest BCUT2D eigenvalue weighted by Gasteiger charge is 2.61. The lowest BCUT2D eigenvalue weighted by Crippen LogP contribution is -2.42. The number of hydrogen-bond donors (Lipinski definition) is 1. The van der Waals surface area contributed by atoms with Crippen LogP contribution in [0.4, 0.5) is 4.39 Å². The third-order valence-electron chi connectivity index (χ3n) is 11.1. The number of thiazole rings is 1. The summed E-state index contributed by atoms with van der Waals surface area (Å²) >= 11 is 1.40. The molecule has 0 radical (unpaired) electrons. The Kier molecular flexibility index (Phi) is 9.92. The van der Waals surface area contributed by atoms with Gasteiger partial charge in [0.1, 0.15) is 33.9 Å². The van der Waals surface area contributed by atoms with E-state index in [0.717, 1.165) is 25.0 Å². The predicted octanol–water partition coefficient (Wildman–Crippen LogP) is 6.18. The molecule has 0 bridgehead atoms. The average Bonchev–Trinajstić information content (AvgIpc) is 3.98. The third-order valence-corrected chi connectivity index (χ3v) is 13.8. The van der Waals surface area contributed by atoms with Crippen molar-refractivity contribution >= 4 is 49.9 Å². The van der Waals surface area contributed by atoms with Crippen LogP contribution in [-0.4, -0.2) is 72.9 Å². The molecule has 3 fully saturated rings. The summed E-state index contributed by atoms with van der Waals surface area (Å²) in [7, 11) is -0.687. The molecular formula is C38H45FN4O7S2. The molecule has 3 aliphatic carbocycles. The maximum atomic E-state index is 15.7. The normalized spacial score (nSPS) is 27.5. The summed E-state index contributed by atoms with van der Waals surface area (Å²) in [5, 5.41) is 2.39. The standard InChI is InChI=1S/C38H45FN4O7S2/c1-21(2)29-20-51-35(41-29)28-17-32(25-12-13-31(49-4)33(39)34(25)40-28)50-23-15-26-27(16-23)36(45)43(3)14-8-6-5-7-9-22-18-38(22,19-30(26)44)37(46)42-52(47,48)24-10-11-24/h7,9,12-13,17,20-24,26-27H,5-6,8,10-11,14-16,18-19H2,1-4H3,(H,42,46)/b9-7-/t22?,23?,26-,27?,38?/m1/s1. The second-order valence-electron chi connectivity index (χ2n) is 15.1. The van der Waals surface area contributed by atoms with Crippen molar-refractivity contribution in [3.63, 3.8) is 0 Å². The number of fused-ring (bicyclic) bond motifs is 3. The van der Waals surface area contributed by atoms with Gasteiger partial charge in [0.15, 0.2) is 11.6 Å². The van der Waals surface area contributed by atoms with E-state index in [1.807, 2.05) is 31.4 Å². The second-order valence-corrected chi connectivity index (χ2v) is 17.9. The Balaban J connectivity index is 1.21. The molecule has 1 N–H and O–H groups in total. The molecule has 3 saturated carbocycles. The van der Waals surface area contributed by atoms with Crippen LogP contribution in [0.5, 0.6) is 11.5 Å². The Morgan fingerprint density at radius 2 is 1.88 bits per heavy atom. The quantitative estimate of drug-likeness (QED) is 0.267. The summed E-state index contributed by atoms with van der Waals surface area (Å²) < 4.78 is 55.5. The summed E-state index contributed by atoms with van der Waals surface area (Å²) in [6.45, 7) is 4.61. The summed E-state index contributed by atoms with van der Waals surface area (Å²) in [5.41, 5.74) is 0.182. The number of carbonyl (C=O) groups is 3. The van der Waals surface area contributed by atoms with Gasteiger partial charge in [-0.3, -0.25) is 19.1 Å². The second kappa shape index (κ2) is 14.1. The van der Waals surface area contributed by atoms with Crippen molar-refractivity contribution in [2.75, 3.05) is 20.7 Å². The topological polar surface area (TPSA) is 145 Å². The molecule has 4 aliphatic rings. The van der Waals surface area contributed by atoms with Gasteiger partial charge in [0, 0.05) is 42.8 Å². The molecule has 3 heterocycles. The maximum absolute atomic E-state index is 15.7. The number of ketones is 1. The van der Waals surface area contributed by atoms with Crippen LogP contribution in [0.3, 0.4) is 0 Å². The van der Waals surface area contributed by atoms with Gasteiger partial charge in [-0.15, -0.1) is 11.3 Å². The van der Waals surface area contributed by atoms with E-state index in [1.54, 1.807) is 24.1 Å². The Bertz CT molecular complexity index is 2050. The molecule has 4 unspecified atom stereocenters. The third kappa shape index (κ3) is 7.07. The lowest BCUT2D eigenvalue weighted by atomic mass is 9.84. The predicted molar refractivity (Wildman–Crippen MR) is 195 cm³/mol. The first-order chi connectivity index (χ1) is 24.8. The summed E-state index contributed by atoms with van der Waals surface area (Å²) in [6, 6.07) is 4.92. The minimum absolute atomic E-state index is 0.0328. The molecule has 14 heteroatoms. The van der Waals surface area contributed by atoms with Crippen LogP contribution in [-0.2, 0) is 24.4 Å². The molecule has 1 aromatic carbocycles. The maximum Gasteiger partial charge on any atom is 0.240 e. The minimum Gasteiger partial charge on any atom is -0.494 e. The summed E-state index contributed by atoms with van der Waals surface area (Å²) in [6.07, 6.45) is 7.36. The number of ether oxygens (including phenoxy) is 2. The first-order valence-electron chi connectivity index (χ1n) is 18.1. The largest absolute Gasteiger partial charge is 0.494 e. The highest BCUT2D eigenvalue weighted by atomic mass is 32.2. The molecule has 2 amide bonds. The van der Waals surface area contributed by atoms with E-state index in [-0.39, 0.29) is 54.1 Å². The van der Waals surface area contributed by atoms with Gasteiger partial charge in [0.25, 0.3) is 0 Å². The van der Waals surface area contributed by atoms with Crippen LogP contribution in [0.15, 0.2) is 35.7 Å². The number of amides is 2. The van der Waals surface area contributed by atoms with Crippen LogP contribution in [0.1, 0.15) is 83.2 Å². The van der Waals surface area contributed by atoms with Crippen LogP contribution in [0.2, 0.25) is 0 Å². The molecule has 7 rings (SSSR count). The molecule has 1 aliphatic heterocycles. The number of nitrogens with zero attached hydrogens (tertiary/aromatic N) is 3. The number of hydrogen-bond acceptors (Lipinski definition) is 10. The number of nitrogens with one attached hydrogen (secondary N) is 1. The van der Waals surface area contributed by atoms with Crippen molar-refractivity contribution in [3.05, 3.63) is 47.2 Å². The Labute approximate surface area is 307 Å². The van der Waals surface area contributed by atoms with Gasteiger partial charge in [-0.05, 0) is 75.3 Å². The Morgan fingerprint density at radius 1 is 1.12 bits per heavy atom. The molecule has 0 saturated heterocycles. The van der Waals surface area contributed by atoms with Gasteiger partial charge in [-0.1, -0.05) is 26.0 Å². The van der Waals surface area contributed by atoms with Crippen molar-refractivity contribution in [1.82, 2.24) is 19.6 Å². The number of allylic oxidation sites excluding steroid dienone is 2. The molecule has 2 aromatic heterocycles. The Morgan fingerprint density at radius 3 is 2.60 bits per heavy atom. The van der Waals surface area contributed by atoms with Crippen molar-refractivity contribution in [2.24, 2.45) is 23.2 Å². The fourth-order valence-corrected chi connectivity index (χ4v) is 9.99. The fourth-order valence-electron chi connectivity index (χ4n) is 7.67. The van der Waals surface area contributed by atoms with Crippen molar-refractivity contribution in [1.29, 1.82) is 0 Å². The summed E-state index contributed by atoms with van der Waals surface area (Å²) in [5.74, 6) is -2.87. The van der Waals surface area contributed by atoms with Gasteiger partial charge in [0.05, 0.1) is 29.4 Å². The van der Waals surface area contributed by atoms with Gasteiger partial charge in [-0.2, -0.15) is 0 Å². The van der Waals surface area contributed by atoms with Crippen LogP contribution >= 0.6 is 11.3 Å². The number of carbonyl (C=O) groups excluding carboxylic acids is 3. The first-order valence-corrected chi connectivity index (χ1v) is 20.5. The number of aromatic nitrogens is 2. The number of halogens is 1. The first kappa shape index (κ1) is 36.4. The van der Waals surface area contributed by atoms with Crippen LogP contribution in [0.25, 0.3) is 21.6 Å². The lowest BCUT2D eigenvalue weighted by Gasteiger charge is -2.26. The smallest absolute Gasteiger partial charge is 0.240 e. The highest BCUT2D eigenvalue weighted by Crippen LogP contribution is 2.58. The monoisotopic (exact) mass is 752 g/mol. The molecule has 5 atom stereocenters. The zero-order valence-corrected chi connectivity index (χ0v) is 31.5. The molecule has 0 spiro atoms. The van der Waals surface area contributed by atoms with E-state index in [2.05, 4.69) is 9.71 Å². The van der Waals surface area contributed by atoms with Crippen molar-refractivity contribution < 1.29 is 36.7 Å². The molecular weight excluding hydrogens is 708 g/mol. The van der Waals surface area contributed by atoms with Crippen LogP contribution in [0, 0.1) is 29.0 Å². The van der Waals surface area contributed by atoms with Crippen molar-refractivity contribution in [3.8, 4) is 22.2 Å². The fraction of sp³-hybridized carbons (Fsp3) is 0.553. The average molecular weight is 753 g/mol. The molecule has 11 nitrogen and oxygen atoms in total. The number of Topliss-reactive ketones (excluding diaryl/α,β-unsaturated/α-hetero) is 1. The molecule has 52 heavy (non-hydrogen) atoms. The lowest BCUT2D eigenvalue weighted by molar-refractivity contribution is -0.140. The highest BCUT2D eigenvalue weighted by molar-refractivity contribution is 7.90. The van der Waals surface area contributed by atoms with E-state index in [4.69, 9.17) is 14.5 Å². The number of pyridine rings is 1. The number of methoxy groups -OCH3 is 1. The Hall–Kier alpha value is -3.91. The van der Waals surface area contributed by atoms with E-state index in [0.29, 0.717) is 47.6 Å². The van der Waals surface area contributed by atoms with Gasteiger partial charge >= 0.3 is 0 Å². The minimum atomic E-state index is -3.81.